The van der Waals surface area contributed by atoms with Gasteiger partial charge in [-0.2, -0.15) is 0 Å². The minimum absolute atomic E-state index is 0.0125. The van der Waals surface area contributed by atoms with Crippen LogP contribution in [0.25, 0.3) is 0 Å². The van der Waals surface area contributed by atoms with E-state index in [1.54, 1.807) is 18.2 Å². The molecule has 8 heteroatoms. The summed E-state index contributed by atoms with van der Waals surface area (Å²) in [6.07, 6.45) is 0.135. The van der Waals surface area contributed by atoms with Crippen LogP contribution in [-0.2, 0) is 15.6 Å². The fourth-order valence-electron chi connectivity index (χ4n) is 3.46. The molecular formula is C21H32N2O4SSi. The molecular weight excluding hydrogens is 404 g/mol. The lowest BCUT2D eigenvalue weighted by molar-refractivity contribution is -0.385. The fraction of sp³-hybridized carbons (Fsp3) is 0.619. The molecule has 0 unspecified atom stereocenters. The molecule has 0 saturated carbocycles. The molecule has 2 rings (SSSR count). The Morgan fingerprint density at radius 1 is 1.31 bits per heavy atom. The van der Waals surface area contributed by atoms with Gasteiger partial charge in [0.15, 0.2) is 8.32 Å². The molecule has 4 atom stereocenters. The van der Waals surface area contributed by atoms with Crippen molar-refractivity contribution < 1.29 is 14.1 Å². The molecule has 1 aromatic rings. The number of β-lactam (4-membered cyclic amide) rings is 1. The van der Waals surface area contributed by atoms with Crippen LogP contribution in [0.5, 0.6) is 0 Å². The summed E-state index contributed by atoms with van der Waals surface area (Å²) in [6.45, 7) is 14.8. The number of para-hydroxylation sites is 1. The first kappa shape index (κ1) is 23.6. The van der Waals surface area contributed by atoms with E-state index >= 15 is 0 Å². The highest BCUT2D eigenvalue weighted by Crippen LogP contribution is 2.39. The quantitative estimate of drug-likeness (QED) is 0.211. The topological polar surface area (TPSA) is 81.5 Å². The third-order valence-electron chi connectivity index (χ3n) is 6.39. The lowest BCUT2D eigenvalue weighted by Crippen LogP contribution is -2.66. The summed E-state index contributed by atoms with van der Waals surface area (Å²) in [5.74, 6) is -0.359. The van der Waals surface area contributed by atoms with Crippen LogP contribution in [0.2, 0.25) is 18.1 Å². The van der Waals surface area contributed by atoms with Gasteiger partial charge < -0.3 is 9.74 Å². The third kappa shape index (κ3) is 5.10. The predicted octanol–water partition coefficient (Wildman–Crippen LogP) is 4.67. The van der Waals surface area contributed by atoms with Crippen LogP contribution in [0.3, 0.4) is 0 Å². The number of carbonyl (C=O) groups is 1. The lowest BCUT2D eigenvalue weighted by Gasteiger charge is -2.47. The molecule has 1 aromatic carbocycles. The van der Waals surface area contributed by atoms with Gasteiger partial charge in [-0.1, -0.05) is 58.1 Å². The second-order valence-electron chi connectivity index (χ2n) is 9.46. The van der Waals surface area contributed by atoms with Crippen LogP contribution in [0.1, 0.15) is 40.2 Å². The Morgan fingerprint density at radius 3 is 2.41 bits per heavy atom. The first-order valence-electron chi connectivity index (χ1n) is 9.99. The van der Waals surface area contributed by atoms with Gasteiger partial charge >= 0.3 is 0 Å². The van der Waals surface area contributed by atoms with Crippen LogP contribution in [0, 0.1) is 22.0 Å². The number of benzene rings is 1. The summed E-state index contributed by atoms with van der Waals surface area (Å²) in [5, 5.41) is 14.3. The molecule has 0 aromatic heterocycles. The van der Waals surface area contributed by atoms with Gasteiger partial charge in [0, 0.05) is 34.9 Å². The molecule has 29 heavy (non-hydrogen) atoms. The molecule has 1 fully saturated rings. The van der Waals surface area contributed by atoms with E-state index in [0.717, 1.165) is 0 Å². The van der Waals surface area contributed by atoms with Crippen molar-refractivity contribution in [3.05, 3.63) is 39.9 Å². The summed E-state index contributed by atoms with van der Waals surface area (Å²) in [6, 6.07) is 6.54. The summed E-state index contributed by atoms with van der Waals surface area (Å²) in [5.41, 5.74) is 0.674. The number of nitrogens with one attached hydrogen (secondary N) is 1. The lowest BCUT2D eigenvalue weighted by atomic mass is 9.77. The van der Waals surface area contributed by atoms with Gasteiger partial charge in [0.25, 0.3) is 5.69 Å². The zero-order chi connectivity index (χ0) is 22.1. The maximum absolute atomic E-state index is 12.3. The number of nitrogens with zero attached hydrogens (tertiary/aromatic N) is 1. The number of hydrogen-bond donors (Lipinski definition) is 1. The van der Waals surface area contributed by atoms with E-state index in [9.17, 15) is 14.9 Å². The largest absolute Gasteiger partial charge is 0.413 e. The van der Waals surface area contributed by atoms with E-state index in [1.165, 1.54) is 6.07 Å². The number of amides is 1. The molecule has 1 N–H and O–H groups in total. The number of nitro benzene ring substituents is 1. The third-order valence-corrected chi connectivity index (χ3v) is 11.5. The second-order valence-corrected chi connectivity index (χ2v) is 14.7. The molecule has 1 amide bonds. The summed E-state index contributed by atoms with van der Waals surface area (Å²) in [4.78, 5) is 23.9. The van der Waals surface area contributed by atoms with Gasteiger partial charge in [-0.05, 0) is 25.1 Å². The molecule has 1 heterocycles. The molecule has 0 radical (unpaired) electrons. The highest BCUT2D eigenvalue weighted by atomic mass is 32.1. The number of rotatable bonds is 8. The molecule has 0 aliphatic carbocycles. The smallest absolute Gasteiger partial charge is 0.272 e. The van der Waals surface area contributed by atoms with E-state index in [-0.39, 0.29) is 45.5 Å². The Hall–Kier alpha value is -1.64. The monoisotopic (exact) mass is 436 g/mol. The summed E-state index contributed by atoms with van der Waals surface area (Å²) in [7, 11) is -2.00. The second kappa shape index (κ2) is 8.61. The number of hydrogen-bond acceptors (Lipinski definition) is 5. The van der Waals surface area contributed by atoms with Gasteiger partial charge in [-0.25, -0.2) is 0 Å². The zero-order valence-electron chi connectivity index (χ0n) is 18.3. The van der Waals surface area contributed by atoms with Crippen molar-refractivity contribution in [1.29, 1.82) is 0 Å². The average molecular weight is 437 g/mol. The van der Waals surface area contributed by atoms with Crippen molar-refractivity contribution in [2.45, 2.75) is 71.3 Å². The normalized spacial score (nSPS) is 21.7. The maximum Gasteiger partial charge on any atom is 0.272 e. The number of carbonyl (C=O) groups excluding carboxylic acids is 1. The van der Waals surface area contributed by atoms with Crippen LogP contribution in [0.15, 0.2) is 24.3 Å². The highest BCUT2D eigenvalue weighted by molar-refractivity contribution is 7.80. The standard InChI is InChI=1S/C21H32N2O4SSi/c1-13(17(28)12-15-10-8-9-11-16(15)23(25)26)19-18(20(24)22-19)14(2)27-29(6,7)21(3,4)5/h8-11,13-14,18-19H,12H2,1-7H3,(H,22,24)/t13-,14+,18+,19+/m0/s1. The van der Waals surface area contributed by atoms with E-state index in [1.807, 2.05) is 13.8 Å². The fourth-order valence-corrected chi connectivity index (χ4v) is 5.19. The van der Waals surface area contributed by atoms with Crippen molar-refractivity contribution in [3.8, 4) is 0 Å². The Morgan fingerprint density at radius 2 is 1.90 bits per heavy atom. The predicted molar refractivity (Wildman–Crippen MR) is 122 cm³/mol. The van der Waals surface area contributed by atoms with Crippen LogP contribution in [-0.4, -0.2) is 36.2 Å². The maximum atomic E-state index is 12.3. The van der Waals surface area contributed by atoms with Crippen molar-refractivity contribution in [2.75, 3.05) is 0 Å². The van der Waals surface area contributed by atoms with Crippen LogP contribution in [0.4, 0.5) is 5.69 Å². The molecule has 1 aliphatic heterocycles. The summed E-state index contributed by atoms with van der Waals surface area (Å²) >= 11 is 5.62. The Labute approximate surface area is 179 Å². The average Bonchev–Trinajstić information content (AvgIpc) is 2.57. The SMILES string of the molecule is C[C@@H](O[Si](C)(C)C(C)(C)C)[C@H]1C(=O)N[C@@H]1[C@@H](C)C(=S)Cc1ccccc1[N+](=O)[O-]. The number of thiocarbonyl (C=S) groups is 1. The van der Waals surface area contributed by atoms with Crippen LogP contribution >= 0.6 is 12.2 Å². The minimum atomic E-state index is -2.00. The first-order valence-corrected chi connectivity index (χ1v) is 13.3. The minimum Gasteiger partial charge on any atom is -0.413 e. The summed E-state index contributed by atoms with van der Waals surface area (Å²) < 4.78 is 6.45. The van der Waals surface area contributed by atoms with Crippen molar-refractivity contribution in [2.24, 2.45) is 11.8 Å². The van der Waals surface area contributed by atoms with Crippen molar-refractivity contribution in [1.82, 2.24) is 5.32 Å². The van der Waals surface area contributed by atoms with E-state index < -0.39 is 8.32 Å². The van der Waals surface area contributed by atoms with Gasteiger partial charge in [-0.15, -0.1) is 0 Å². The van der Waals surface area contributed by atoms with E-state index in [0.29, 0.717) is 16.8 Å². The molecule has 0 spiro atoms. The van der Waals surface area contributed by atoms with Gasteiger partial charge in [0.1, 0.15) is 0 Å². The van der Waals surface area contributed by atoms with Crippen LogP contribution < -0.4 is 5.32 Å². The zero-order valence-corrected chi connectivity index (χ0v) is 20.1. The van der Waals surface area contributed by atoms with Gasteiger partial charge in [0.05, 0.1) is 16.9 Å². The number of nitro groups is 1. The van der Waals surface area contributed by atoms with E-state index in [4.69, 9.17) is 16.6 Å². The highest BCUT2D eigenvalue weighted by Gasteiger charge is 2.49. The Balaban J connectivity index is 2.11. The van der Waals surface area contributed by atoms with Crippen molar-refractivity contribution >= 4 is 37.0 Å². The molecule has 6 nitrogen and oxygen atoms in total. The van der Waals surface area contributed by atoms with Gasteiger partial charge in [-0.3, -0.25) is 14.9 Å². The molecule has 1 saturated heterocycles. The van der Waals surface area contributed by atoms with Gasteiger partial charge in [0.2, 0.25) is 5.91 Å². The Kier molecular flexibility index (Phi) is 7.02. The van der Waals surface area contributed by atoms with E-state index in [2.05, 4.69) is 39.2 Å². The molecule has 0 bridgehead atoms. The molecule has 160 valence electrons. The molecule has 1 aliphatic rings. The van der Waals surface area contributed by atoms with Crippen molar-refractivity contribution in [3.63, 3.8) is 0 Å². The first-order chi connectivity index (χ1) is 13.3. The Bertz CT molecular complexity index is 806.